The Balaban J connectivity index is 2.16. The van der Waals surface area contributed by atoms with Gasteiger partial charge in [0.25, 0.3) is 0 Å². The van der Waals surface area contributed by atoms with Crippen molar-refractivity contribution in [1.82, 2.24) is 9.13 Å². The fourth-order valence-electron chi connectivity index (χ4n) is 2.28. The lowest BCUT2D eigenvalue weighted by Gasteiger charge is -2.06. The number of rotatable bonds is 6. The maximum atomic E-state index is 12.2. The van der Waals surface area contributed by atoms with Crippen molar-refractivity contribution >= 4 is 0 Å². The van der Waals surface area contributed by atoms with Crippen LogP contribution in [0.2, 0.25) is 0 Å². The van der Waals surface area contributed by atoms with E-state index in [0.29, 0.717) is 0 Å². The van der Waals surface area contributed by atoms with Gasteiger partial charge < -0.3 is 5.73 Å². The summed E-state index contributed by atoms with van der Waals surface area (Å²) in [5, 5.41) is 0. The molecular formula is C16H23N3O. The molecule has 4 heteroatoms. The van der Waals surface area contributed by atoms with Crippen LogP contribution in [0.1, 0.15) is 38.3 Å². The summed E-state index contributed by atoms with van der Waals surface area (Å²) in [4.78, 5) is 12.2. The van der Waals surface area contributed by atoms with Gasteiger partial charge in [-0.1, -0.05) is 12.1 Å². The van der Waals surface area contributed by atoms with Crippen molar-refractivity contribution in [2.45, 2.75) is 39.2 Å². The second kappa shape index (κ2) is 6.57. The number of benzene rings is 1. The average Bonchev–Trinajstić information content (AvgIpc) is 2.82. The standard InChI is InChI=1S/C16H23N3O/c1-13(2)18-11-12-19(16(18)20)15-8-6-14(7-9-15)5-3-4-10-17/h6-9,11-13H,3-5,10,17H2,1-2H3. The van der Waals surface area contributed by atoms with Crippen LogP contribution in [-0.4, -0.2) is 15.7 Å². The van der Waals surface area contributed by atoms with Crippen LogP contribution in [0.4, 0.5) is 0 Å². The van der Waals surface area contributed by atoms with Gasteiger partial charge >= 0.3 is 5.69 Å². The van der Waals surface area contributed by atoms with Gasteiger partial charge in [-0.05, 0) is 57.4 Å². The predicted octanol–water partition coefficient (Wildman–Crippen LogP) is 2.50. The summed E-state index contributed by atoms with van der Waals surface area (Å²) in [6.45, 7) is 4.76. The normalized spacial score (nSPS) is 11.2. The Morgan fingerprint density at radius 2 is 1.80 bits per heavy atom. The van der Waals surface area contributed by atoms with Gasteiger partial charge in [0.1, 0.15) is 0 Å². The second-order valence-corrected chi connectivity index (χ2v) is 5.36. The molecule has 0 atom stereocenters. The summed E-state index contributed by atoms with van der Waals surface area (Å²) in [7, 11) is 0. The number of hydrogen-bond acceptors (Lipinski definition) is 2. The minimum Gasteiger partial charge on any atom is -0.330 e. The van der Waals surface area contributed by atoms with E-state index in [9.17, 15) is 4.79 Å². The molecule has 2 aromatic rings. The molecule has 1 aromatic heterocycles. The van der Waals surface area contributed by atoms with E-state index in [2.05, 4.69) is 12.1 Å². The fraction of sp³-hybridized carbons (Fsp3) is 0.438. The van der Waals surface area contributed by atoms with Crippen LogP contribution in [0.15, 0.2) is 41.5 Å². The average molecular weight is 273 g/mol. The van der Waals surface area contributed by atoms with E-state index < -0.39 is 0 Å². The molecule has 0 aliphatic heterocycles. The molecule has 0 amide bonds. The minimum atomic E-state index is 0.0101. The smallest absolute Gasteiger partial charge is 0.330 e. The van der Waals surface area contributed by atoms with Gasteiger partial charge in [0.15, 0.2) is 0 Å². The van der Waals surface area contributed by atoms with Gasteiger partial charge in [0.2, 0.25) is 0 Å². The molecule has 0 fully saturated rings. The summed E-state index contributed by atoms with van der Waals surface area (Å²) >= 11 is 0. The third-order valence-electron chi connectivity index (χ3n) is 3.49. The first-order valence-corrected chi connectivity index (χ1v) is 7.22. The summed E-state index contributed by atoms with van der Waals surface area (Å²) in [6, 6.07) is 8.36. The van der Waals surface area contributed by atoms with Crippen LogP contribution in [0, 0.1) is 0 Å². The zero-order valence-electron chi connectivity index (χ0n) is 12.2. The summed E-state index contributed by atoms with van der Waals surface area (Å²) in [5.41, 5.74) is 7.71. The number of nitrogens with zero attached hydrogens (tertiary/aromatic N) is 2. The second-order valence-electron chi connectivity index (χ2n) is 5.36. The molecule has 0 unspecified atom stereocenters. The molecule has 0 spiro atoms. The number of aromatic nitrogens is 2. The van der Waals surface area contributed by atoms with Crippen LogP contribution < -0.4 is 11.4 Å². The van der Waals surface area contributed by atoms with Crippen molar-refractivity contribution in [1.29, 1.82) is 0 Å². The van der Waals surface area contributed by atoms with Crippen molar-refractivity contribution in [3.05, 3.63) is 52.7 Å². The highest BCUT2D eigenvalue weighted by Crippen LogP contribution is 2.11. The molecule has 0 aliphatic carbocycles. The minimum absolute atomic E-state index is 0.0101. The highest BCUT2D eigenvalue weighted by atomic mass is 16.1. The monoisotopic (exact) mass is 273 g/mol. The molecule has 108 valence electrons. The molecule has 0 saturated carbocycles. The Hall–Kier alpha value is -1.81. The lowest BCUT2D eigenvalue weighted by molar-refractivity contribution is 0.574. The number of imidazole rings is 1. The largest absolute Gasteiger partial charge is 0.332 e. The van der Waals surface area contributed by atoms with Crippen molar-refractivity contribution in [3.8, 4) is 5.69 Å². The van der Waals surface area contributed by atoms with Gasteiger partial charge in [-0.25, -0.2) is 4.79 Å². The van der Waals surface area contributed by atoms with E-state index in [-0.39, 0.29) is 11.7 Å². The lowest BCUT2D eigenvalue weighted by Crippen LogP contribution is -2.24. The Kier molecular flexibility index (Phi) is 4.79. The molecule has 20 heavy (non-hydrogen) atoms. The SMILES string of the molecule is CC(C)n1ccn(-c2ccc(CCCCN)cc2)c1=O. The maximum Gasteiger partial charge on any atom is 0.332 e. The highest BCUT2D eigenvalue weighted by molar-refractivity contribution is 5.34. The van der Waals surface area contributed by atoms with Gasteiger partial charge in [0, 0.05) is 18.4 Å². The van der Waals surface area contributed by atoms with Crippen molar-refractivity contribution in [3.63, 3.8) is 0 Å². The Morgan fingerprint density at radius 1 is 1.10 bits per heavy atom. The summed E-state index contributed by atoms with van der Waals surface area (Å²) in [5.74, 6) is 0. The molecule has 1 heterocycles. The molecule has 2 rings (SSSR count). The van der Waals surface area contributed by atoms with Gasteiger partial charge in [-0.2, -0.15) is 0 Å². The predicted molar refractivity (Wildman–Crippen MR) is 82.4 cm³/mol. The zero-order chi connectivity index (χ0) is 14.5. The molecule has 2 N–H and O–H groups in total. The summed E-state index contributed by atoms with van der Waals surface area (Å²) in [6.07, 6.45) is 6.87. The van der Waals surface area contributed by atoms with Gasteiger partial charge in [-0.15, -0.1) is 0 Å². The Morgan fingerprint density at radius 3 is 2.35 bits per heavy atom. The first kappa shape index (κ1) is 14.6. The third kappa shape index (κ3) is 3.20. The van der Waals surface area contributed by atoms with Crippen LogP contribution >= 0.6 is 0 Å². The molecule has 0 saturated heterocycles. The molecule has 0 aliphatic rings. The van der Waals surface area contributed by atoms with Crippen LogP contribution in [0.3, 0.4) is 0 Å². The molecular weight excluding hydrogens is 250 g/mol. The zero-order valence-corrected chi connectivity index (χ0v) is 12.2. The number of aryl methyl sites for hydroxylation is 1. The number of hydrogen-bond donors (Lipinski definition) is 1. The number of unbranched alkanes of at least 4 members (excludes halogenated alkanes) is 1. The van der Waals surface area contributed by atoms with Crippen molar-refractivity contribution in [2.75, 3.05) is 6.54 Å². The third-order valence-corrected chi connectivity index (χ3v) is 3.49. The first-order valence-electron chi connectivity index (χ1n) is 7.22. The molecule has 0 bridgehead atoms. The summed E-state index contributed by atoms with van der Waals surface area (Å²) < 4.78 is 3.42. The van der Waals surface area contributed by atoms with E-state index in [1.165, 1.54) is 5.56 Å². The topological polar surface area (TPSA) is 52.9 Å². The number of nitrogens with two attached hydrogens (primary N) is 1. The van der Waals surface area contributed by atoms with E-state index >= 15 is 0 Å². The first-order chi connectivity index (χ1) is 9.63. The van der Waals surface area contributed by atoms with Gasteiger partial charge in [0.05, 0.1) is 5.69 Å². The molecule has 0 radical (unpaired) electrons. The van der Waals surface area contributed by atoms with E-state index in [0.717, 1.165) is 31.5 Å². The van der Waals surface area contributed by atoms with Gasteiger partial charge in [-0.3, -0.25) is 9.13 Å². The highest BCUT2D eigenvalue weighted by Gasteiger charge is 2.07. The van der Waals surface area contributed by atoms with Crippen molar-refractivity contribution < 1.29 is 0 Å². The van der Waals surface area contributed by atoms with Crippen molar-refractivity contribution in [2.24, 2.45) is 5.73 Å². The fourth-order valence-corrected chi connectivity index (χ4v) is 2.28. The maximum absolute atomic E-state index is 12.2. The van der Waals surface area contributed by atoms with Crippen LogP contribution in [-0.2, 0) is 6.42 Å². The lowest BCUT2D eigenvalue weighted by atomic mass is 10.1. The molecule has 1 aromatic carbocycles. The van der Waals surface area contributed by atoms with E-state index in [1.807, 2.05) is 38.4 Å². The quantitative estimate of drug-likeness (QED) is 0.822. The van der Waals surface area contributed by atoms with E-state index in [4.69, 9.17) is 5.73 Å². The van der Waals surface area contributed by atoms with Crippen LogP contribution in [0.25, 0.3) is 5.69 Å². The van der Waals surface area contributed by atoms with E-state index in [1.54, 1.807) is 9.13 Å². The Labute approximate surface area is 119 Å². The van der Waals surface area contributed by atoms with Crippen LogP contribution in [0.5, 0.6) is 0 Å². The molecule has 4 nitrogen and oxygen atoms in total. The Bertz CT molecular complexity index is 593.